The molecule has 0 bridgehead atoms. The lowest BCUT2D eigenvalue weighted by molar-refractivity contribution is 0.121. The Labute approximate surface area is 67.6 Å². The fourth-order valence-corrected chi connectivity index (χ4v) is 1.45. The van der Waals surface area contributed by atoms with E-state index in [9.17, 15) is 10.2 Å². The van der Waals surface area contributed by atoms with Crippen LogP contribution in [0.15, 0.2) is 12.2 Å². The SMILES string of the molecule is C=C1[C@H](O)CCCCC[C@@H]1O. The summed E-state index contributed by atoms with van der Waals surface area (Å²) in [5.74, 6) is 0. The van der Waals surface area contributed by atoms with Gasteiger partial charge in [0.15, 0.2) is 0 Å². The Morgan fingerprint density at radius 3 is 1.91 bits per heavy atom. The first-order valence-electron chi connectivity index (χ1n) is 4.26. The van der Waals surface area contributed by atoms with Gasteiger partial charge in [0.05, 0.1) is 12.2 Å². The molecule has 2 atom stereocenters. The minimum Gasteiger partial charge on any atom is -0.389 e. The van der Waals surface area contributed by atoms with Crippen LogP contribution in [-0.2, 0) is 0 Å². The van der Waals surface area contributed by atoms with E-state index in [4.69, 9.17) is 0 Å². The van der Waals surface area contributed by atoms with Gasteiger partial charge >= 0.3 is 0 Å². The van der Waals surface area contributed by atoms with Crippen LogP contribution in [0.3, 0.4) is 0 Å². The smallest absolute Gasteiger partial charge is 0.0772 e. The molecule has 0 aromatic carbocycles. The van der Waals surface area contributed by atoms with Crippen molar-refractivity contribution in [2.75, 3.05) is 0 Å². The van der Waals surface area contributed by atoms with E-state index >= 15 is 0 Å². The van der Waals surface area contributed by atoms with Crippen molar-refractivity contribution in [1.82, 2.24) is 0 Å². The second-order valence-electron chi connectivity index (χ2n) is 3.24. The molecule has 0 aliphatic heterocycles. The molecule has 1 saturated carbocycles. The fourth-order valence-electron chi connectivity index (χ4n) is 1.45. The molecular weight excluding hydrogens is 140 g/mol. The molecule has 0 unspecified atom stereocenters. The summed E-state index contributed by atoms with van der Waals surface area (Å²) in [7, 11) is 0. The molecule has 1 fully saturated rings. The first-order valence-corrected chi connectivity index (χ1v) is 4.26. The van der Waals surface area contributed by atoms with Crippen molar-refractivity contribution >= 4 is 0 Å². The van der Waals surface area contributed by atoms with E-state index in [-0.39, 0.29) is 0 Å². The van der Waals surface area contributed by atoms with E-state index in [1.54, 1.807) is 0 Å². The first kappa shape index (κ1) is 8.75. The molecule has 2 heteroatoms. The van der Waals surface area contributed by atoms with E-state index in [1.165, 1.54) is 0 Å². The van der Waals surface area contributed by atoms with Crippen LogP contribution >= 0.6 is 0 Å². The van der Waals surface area contributed by atoms with Crippen LogP contribution in [0.25, 0.3) is 0 Å². The van der Waals surface area contributed by atoms with Crippen LogP contribution in [0.1, 0.15) is 32.1 Å². The minimum absolute atomic E-state index is 0.481. The maximum absolute atomic E-state index is 9.39. The van der Waals surface area contributed by atoms with Crippen molar-refractivity contribution < 1.29 is 10.2 Å². The second kappa shape index (κ2) is 3.88. The highest BCUT2D eigenvalue weighted by Gasteiger charge is 2.18. The maximum atomic E-state index is 9.39. The van der Waals surface area contributed by atoms with Crippen molar-refractivity contribution in [2.45, 2.75) is 44.3 Å². The molecule has 0 aromatic rings. The molecule has 1 aliphatic carbocycles. The van der Waals surface area contributed by atoms with Gasteiger partial charge in [-0.2, -0.15) is 0 Å². The summed E-state index contributed by atoms with van der Waals surface area (Å²) in [6.07, 6.45) is 3.77. The zero-order valence-corrected chi connectivity index (χ0v) is 6.79. The Morgan fingerprint density at radius 1 is 1.00 bits per heavy atom. The molecule has 0 amide bonds. The molecule has 1 aliphatic rings. The lowest BCUT2D eigenvalue weighted by Crippen LogP contribution is -2.22. The number of hydrogen-bond donors (Lipinski definition) is 2. The average Bonchev–Trinajstić information content (AvgIpc) is 2.00. The Hall–Kier alpha value is -0.340. The van der Waals surface area contributed by atoms with E-state index in [0.717, 1.165) is 32.1 Å². The molecule has 2 N–H and O–H groups in total. The lowest BCUT2D eigenvalue weighted by atomic mass is 9.93. The van der Waals surface area contributed by atoms with Gasteiger partial charge in [-0.1, -0.05) is 25.8 Å². The van der Waals surface area contributed by atoms with Gasteiger partial charge in [0.2, 0.25) is 0 Å². The molecule has 2 nitrogen and oxygen atoms in total. The monoisotopic (exact) mass is 156 g/mol. The highest BCUT2D eigenvalue weighted by Crippen LogP contribution is 2.20. The summed E-state index contributed by atoms with van der Waals surface area (Å²) in [6.45, 7) is 3.68. The number of aliphatic hydroxyl groups excluding tert-OH is 2. The summed E-state index contributed by atoms with van der Waals surface area (Å²) in [5.41, 5.74) is 0.602. The largest absolute Gasteiger partial charge is 0.389 e. The molecule has 64 valence electrons. The third-order valence-corrected chi connectivity index (χ3v) is 2.31. The predicted molar refractivity (Wildman–Crippen MR) is 44.2 cm³/mol. The quantitative estimate of drug-likeness (QED) is 0.518. The zero-order valence-electron chi connectivity index (χ0n) is 6.79. The van der Waals surface area contributed by atoms with Crippen molar-refractivity contribution in [1.29, 1.82) is 0 Å². The molecule has 0 radical (unpaired) electrons. The Balaban J connectivity index is 2.49. The summed E-state index contributed by atoms with van der Waals surface area (Å²) in [4.78, 5) is 0. The summed E-state index contributed by atoms with van der Waals surface area (Å²) < 4.78 is 0. The van der Waals surface area contributed by atoms with Crippen molar-refractivity contribution in [3.8, 4) is 0 Å². The van der Waals surface area contributed by atoms with Gasteiger partial charge in [-0.3, -0.25) is 0 Å². The second-order valence-corrected chi connectivity index (χ2v) is 3.24. The summed E-state index contributed by atoms with van der Waals surface area (Å²) >= 11 is 0. The highest BCUT2D eigenvalue weighted by molar-refractivity contribution is 5.08. The zero-order chi connectivity index (χ0) is 8.27. The predicted octanol–water partition coefficient (Wildman–Crippen LogP) is 1.23. The van der Waals surface area contributed by atoms with Crippen molar-refractivity contribution in [3.63, 3.8) is 0 Å². The topological polar surface area (TPSA) is 40.5 Å². The molecule has 0 aromatic heterocycles. The number of hydrogen-bond acceptors (Lipinski definition) is 2. The van der Waals surface area contributed by atoms with Crippen LogP contribution in [-0.4, -0.2) is 22.4 Å². The number of rotatable bonds is 0. The van der Waals surface area contributed by atoms with E-state index in [0.29, 0.717) is 5.57 Å². The Kier molecular flexibility index (Phi) is 3.09. The van der Waals surface area contributed by atoms with Gasteiger partial charge in [-0.05, 0) is 18.4 Å². The third kappa shape index (κ3) is 2.31. The molecule has 0 saturated heterocycles. The normalized spacial score (nSPS) is 34.5. The minimum atomic E-state index is -0.481. The van der Waals surface area contributed by atoms with Crippen LogP contribution in [0.2, 0.25) is 0 Å². The van der Waals surface area contributed by atoms with Crippen LogP contribution in [0.4, 0.5) is 0 Å². The van der Waals surface area contributed by atoms with Gasteiger partial charge in [-0.25, -0.2) is 0 Å². The van der Waals surface area contributed by atoms with Gasteiger partial charge in [0, 0.05) is 0 Å². The van der Waals surface area contributed by atoms with E-state index < -0.39 is 12.2 Å². The fraction of sp³-hybridized carbons (Fsp3) is 0.778. The summed E-state index contributed by atoms with van der Waals surface area (Å²) in [5, 5.41) is 18.8. The van der Waals surface area contributed by atoms with Crippen molar-refractivity contribution in [3.05, 3.63) is 12.2 Å². The van der Waals surface area contributed by atoms with Crippen LogP contribution in [0.5, 0.6) is 0 Å². The average molecular weight is 156 g/mol. The van der Waals surface area contributed by atoms with Crippen molar-refractivity contribution in [2.24, 2.45) is 0 Å². The maximum Gasteiger partial charge on any atom is 0.0772 e. The van der Waals surface area contributed by atoms with Crippen LogP contribution in [0, 0.1) is 0 Å². The summed E-state index contributed by atoms with van der Waals surface area (Å²) in [6, 6.07) is 0. The third-order valence-electron chi connectivity index (χ3n) is 2.31. The molecule has 0 heterocycles. The van der Waals surface area contributed by atoms with Gasteiger partial charge < -0.3 is 10.2 Å². The molecular formula is C9H16O2. The first-order chi connectivity index (χ1) is 5.22. The lowest BCUT2D eigenvalue weighted by Gasteiger charge is -2.21. The van der Waals surface area contributed by atoms with Gasteiger partial charge in [0.1, 0.15) is 0 Å². The molecule has 0 spiro atoms. The Bertz CT molecular complexity index is 128. The molecule has 1 rings (SSSR count). The highest BCUT2D eigenvalue weighted by atomic mass is 16.3. The number of aliphatic hydroxyl groups is 2. The van der Waals surface area contributed by atoms with E-state index in [1.807, 2.05) is 0 Å². The molecule has 11 heavy (non-hydrogen) atoms. The van der Waals surface area contributed by atoms with Gasteiger partial charge in [0.25, 0.3) is 0 Å². The standard InChI is InChI=1S/C9H16O2/c1-7-8(10)5-3-2-4-6-9(7)11/h8-11H,1-6H2/t8-,9+. The van der Waals surface area contributed by atoms with Crippen LogP contribution < -0.4 is 0 Å². The van der Waals surface area contributed by atoms with Gasteiger partial charge in [-0.15, -0.1) is 0 Å². The van der Waals surface area contributed by atoms with E-state index in [2.05, 4.69) is 6.58 Å². The Morgan fingerprint density at radius 2 is 1.45 bits per heavy atom.